The van der Waals surface area contributed by atoms with Crippen molar-refractivity contribution in [3.63, 3.8) is 0 Å². The molecule has 8 heavy (non-hydrogen) atoms. The molecular formula is C3H2FNaO3. The molecule has 0 fully saturated rings. The summed E-state index contributed by atoms with van der Waals surface area (Å²) in [6.45, 7) is -1.48. The fourth-order valence-electron chi connectivity index (χ4n) is 0.0546. The Morgan fingerprint density at radius 3 is 1.88 bits per heavy atom. The van der Waals surface area contributed by atoms with E-state index in [1.54, 1.807) is 0 Å². The molecule has 0 atom stereocenters. The van der Waals surface area contributed by atoms with Gasteiger partial charge < -0.3 is 9.90 Å². The van der Waals surface area contributed by atoms with E-state index in [1.807, 2.05) is 0 Å². The van der Waals surface area contributed by atoms with Crippen LogP contribution in [-0.4, -0.2) is 18.4 Å². The van der Waals surface area contributed by atoms with Gasteiger partial charge in [0.1, 0.15) is 5.97 Å². The van der Waals surface area contributed by atoms with Crippen molar-refractivity contribution in [1.82, 2.24) is 0 Å². The topological polar surface area (TPSA) is 57.2 Å². The molecule has 0 radical (unpaired) electrons. The summed E-state index contributed by atoms with van der Waals surface area (Å²) in [5.74, 6) is -3.48. The second-order valence-corrected chi connectivity index (χ2v) is 0.844. The zero-order valence-corrected chi connectivity index (χ0v) is 6.31. The summed E-state index contributed by atoms with van der Waals surface area (Å²) in [5.41, 5.74) is 0. The van der Waals surface area contributed by atoms with Gasteiger partial charge in [-0.05, 0) is 0 Å². The molecule has 0 rings (SSSR count). The minimum atomic E-state index is -1.97. The van der Waals surface area contributed by atoms with Gasteiger partial charge in [0.2, 0.25) is 5.78 Å². The number of carboxylic acid groups (broad SMARTS) is 1. The van der Waals surface area contributed by atoms with E-state index in [0.717, 1.165) is 0 Å². The van der Waals surface area contributed by atoms with Crippen LogP contribution in [0.4, 0.5) is 4.39 Å². The Bertz CT molecular complexity index is 103. The summed E-state index contributed by atoms with van der Waals surface area (Å²) in [4.78, 5) is 18.7. The predicted octanol–water partition coefficient (Wildman–Crippen LogP) is -4.72. The molecule has 0 saturated heterocycles. The van der Waals surface area contributed by atoms with Gasteiger partial charge in [0.25, 0.3) is 0 Å². The van der Waals surface area contributed by atoms with E-state index < -0.39 is 18.4 Å². The SMILES string of the molecule is O=C([O-])C(=O)CF.[Na+]. The Morgan fingerprint density at radius 2 is 1.88 bits per heavy atom. The number of ketones is 1. The molecule has 0 aliphatic heterocycles. The Hall–Kier alpha value is 0.0700. The monoisotopic (exact) mass is 128 g/mol. The Balaban J connectivity index is 0. The van der Waals surface area contributed by atoms with Crippen LogP contribution >= 0.6 is 0 Å². The van der Waals surface area contributed by atoms with Crippen molar-refractivity contribution in [3.05, 3.63) is 0 Å². The fourth-order valence-corrected chi connectivity index (χ4v) is 0.0546. The van der Waals surface area contributed by atoms with Gasteiger partial charge in [-0.3, -0.25) is 4.79 Å². The van der Waals surface area contributed by atoms with E-state index in [-0.39, 0.29) is 29.6 Å². The van der Waals surface area contributed by atoms with Gasteiger partial charge in [-0.15, -0.1) is 0 Å². The molecule has 0 aliphatic carbocycles. The zero-order chi connectivity index (χ0) is 5.86. The van der Waals surface area contributed by atoms with Crippen LogP contribution in [0.15, 0.2) is 0 Å². The van der Waals surface area contributed by atoms with Gasteiger partial charge in [0.15, 0.2) is 6.67 Å². The number of hydrogen-bond acceptors (Lipinski definition) is 3. The van der Waals surface area contributed by atoms with Crippen LogP contribution in [0.25, 0.3) is 0 Å². The van der Waals surface area contributed by atoms with Crippen LogP contribution in [0.5, 0.6) is 0 Å². The molecule has 5 heteroatoms. The number of aliphatic carboxylic acids is 1. The number of alkyl halides is 1. The van der Waals surface area contributed by atoms with E-state index >= 15 is 0 Å². The summed E-state index contributed by atoms with van der Waals surface area (Å²) < 4.78 is 10.9. The van der Waals surface area contributed by atoms with Gasteiger partial charge >= 0.3 is 29.6 Å². The standard InChI is InChI=1S/C3H3FO3.Na/c4-1-2(5)3(6)7;/h1H2,(H,6,7);/q;+1/p-1. The van der Waals surface area contributed by atoms with Crippen molar-refractivity contribution in [2.75, 3.05) is 6.67 Å². The molecule has 0 heterocycles. The largest absolute Gasteiger partial charge is 1.00 e. The number of hydrogen-bond donors (Lipinski definition) is 0. The van der Waals surface area contributed by atoms with Crippen LogP contribution < -0.4 is 34.7 Å². The number of carbonyl (C=O) groups is 2. The third-order valence-electron chi connectivity index (χ3n) is 0.349. The molecule has 0 saturated carbocycles. The van der Waals surface area contributed by atoms with Crippen LogP contribution in [0.2, 0.25) is 0 Å². The zero-order valence-electron chi connectivity index (χ0n) is 4.31. The van der Waals surface area contributed by atoms with Crippen LogP contribution in [0.3, 0.4) is 0 Å². The molecule has 0 N–H and O–H groups in total. The van der Waals surface area contributed by atoms with E-state index in [9.17, 15) is 19.1 Å². The number of halogens is 1. The summed E-state index contributed by atoms with van der Waals surface area (Å²) >= 11 is 0. The summed E-state index contributed by atoms with van der Waals surface area (Å²) in [5, 5.41) is 9.23. The van der Waals surface area contributed by atoms with Crippen LogP contribution in [0.1, 0.15) is 0 Å². The Morgan fingerprint density at radius 1 is 1.50 bits per heavy atom. The van der Waals surface area contributed by atoms with Crippen molar-refractivity contribution in [1.29, 1.82) is 0 Å². The van der Waals surface area contributed by atoms with Crippen LogP contribution in [-0.2, 0) is 9.59 Å². The van der Waals surface area contributed by atoms with E-state index in [4.69, 9.17) is 0 Å². The van der Waals surface area contributed by atoms with Crippen molar-refractivity contribution >= 4 is 11.8 Å². The summed E-state index contributed by atoms with van der Waals surface area (Å²) in [6, 6.07) is 0. The normalized spacial score (nSPS) is 7.12. The van der Waals surface area contributed by atoms with Crippen molar-refractivity contribution in [2.45, 2.75) is 0 Å². The number of rotatable bonds is 2. The van der Waals surface area contributed by atoms with E-state index in [2.05, 4.69) is 0 Å². The summed E-state index contributed by atoms with van der Waals surface area (Å²) in [6.07, 6.45) is 0. The minimum absolute atomic E-state index is 0. The second-order valence-electron chi connectivity index (χ2n) is 0.844. The molecule has 0 aromatic carbocycles. The molecule has 0 aromatic heterocycles. The van der Waals surface area contributed by atoms with Gasteiger partial charge in [-0.2, -0.15) is 0 Å². The quantitative estimate of drug-likeness (QED) is 0.277. The Labute approximate surface area is 67.2 Å². The van der Waals surface area contributed by atoms with Crippen molar-refractivity contribution in [3.8, 4) is 0 Å². The average Bonchev–Trinajstić information content (AvgIpc) is 1.65. The number of carboxylic acids is 1. The number of carbonyl (C=O) groups excluding carboxylic acids is 2. The van der Waals surface area contributed by atoms with E-state index in [1.165, 1.54) is 0 Å². The van der Waals surface area contributed by atoms with Crippen LogP contribution in [0, 0.1) is 0 Å². The van der Waals surface area contributed by atoms with Gasteiger partial charge in [0, 0.05) is 0 Å². The third-order valence-corrected chi connectivity index (χ3v) is 0.349. The first-order chi connectivity index (χ1) is 3.18. The molecule has 3 nitrogen and oxygen atoms in total. The predicted molar refractivity (Wildman–Crippen MR) is 16.0 cm³/mol. The van der Waals surface area contributed by atoms with Gasteiger partial charge in [-0.25, -0.2) is 4.39 Å². The maximum Gasteiger partial charge on any atom is 1.00 e. The maximum absolute atomic E-state index is 10.9. The number of Topliss-reactive ketones (excluding diaryl/α,β-unsaturated/α-hetero) is 1. The smallest absolute Gasteiger partial charge is 0.542 e. The first-order valence-corrected chi connectivity index (χ1v) is 1.48. The average molecular weight is 128 g/mol. The van der Waals surface area contributed by atoms with Crippen molar-refractivity contribution in [2.24, 2.45) is 0 Å². The molecule has 0 bridgehead atoms. The fraction of sp³-hybridized carbons (Fsp3) is 0.333. The molecule has 0 unspecified atom stereocenters. The minimum Gasteiger partial charge on any atom is -0.542 e. The molecular weight excluding hydrogens is 126 g/mol. The first kappa shape index (κ1) is 10.9. The van der Waals surface area contributed by atoms with Crippen molar-refractivity contribution < 1.29 is 48.6 Å². The molecule has 0 aliphatic rings. The molecule has 0 spiro atoms. The molecule has 0 aromatic rings. The third kappa shape index (κ3) is 4.23. The second kappa shape index (κ2) is 5.21. The molecule has 0 amide bonds. The molecule has 40 valence electrons. The van der Waals surface area contributed by atoms with E-state index in [0.29, 0.717) is 0 Å². The maximum atomic E-state index is 10.9. The Kier molecular flexibility index (Phi) is 7.13. The van der Waals surface area contributed by atoms with Gasteiger partial charge in [-0.1, -0.05) is 0 Å². The van der Waals surface area contributed by atoms with Gasteiger partial charge in [0.05, 0.1) is 0 Å². The first-order valence-electron chi connectivity index (χ1n) is 1.48. The summed E-state index contributed by atoms with van der Waals surface area (Å²) in [7, 11) is 0.